The average Bonchev–Trinajstić information content (AvgIpc) is 3.32. The molecule has 0 spiro atoms. The van der Waals surface area contributed by atoms with Crippen molar-refractivity contribution in [3.8, 4) is 0 Å². The van der Waals surface area contributed by atoms with Gasteiger partial charge in [-0.1, -0.05) is 56.3 Å². The van der Waals surface area contributed by atoms with Crippen LogP contribution >= 0.6 is 11.5 Å². The molecule has 0 radical (unpaired) electrons. The SMILES string of the molecule is CCN(CC)CCCC(C)NC(=O)CN(Cc1ccccc1)c1nc(Cc2ccc(F)cc2)ns1. The monoisotopic (exact) mass is 497 g/mol. The Balaban J connectivity index is 1.62. The van der Waals surface area contributed by atoms with Crippen LogP contribution in [0.2, 0.25) is 0 Å². The molecular formula is C27H36FN5OS. The van der Waals surface area contributed by atoms with E-state index in [9.17, 15) is 9.18 Å². The maximum absolute atomic E-state index is 13.2. The molecule has 0 saturated heterocycles. The Kier molecular flexibility index (Phi) is 10.6. The van der Waals surface area contributed by atoms with Crippen molar-refractivity contribution in [2.75, 3.05) is 31.1 Å². The van der Waals surface area contributed by atoms with Crippen molar-refractivity contribution in [2.24, 2.45) is 0 Å². The van der Waals surface area contributed by atoms with Gasteiger partial charge in [0.2, 0.25) is 11.0 Å². The smallest absolute Gasteiger partial charge is 0.239 e. The number of carbonyl (C=O) groups excluding carboxylic acids is 1. The molecule has 1 amide bonds. The van der Waals surface area contributed by atoms with Crippen LogP contribution in [0.25, 0.3) is 0 Å². The van der Waals surface area contributed by atoms with E-state index in [1.54, 1.807) is 12.1 Å². The third-order valence-electron chi connectivity index (χ3n) is 5.97. The van der Waals surface area contributed by atoms with E-state index in [2.05, 4.69) is 35.4 Å². The second-order valence-electron chi connectivity index (χ2n) is 8.78. The van der Waals surface area contributed by atoms with E-state index < -0.39 is 0 Å². The predicted octanol–water partition coefficient (Wildman–Crippen LogP) is 4.90. The van der Waals surface area contributed by atoms with Gasteiger partial charge in [0.15, 0.2) is 0 Å². The summed E-state index contributed by atoms with van der Waals surface area (Å²) in [5, 5.41) is 3.85. The third kappa shape index (κ3) is 9.03. The van der Waals surface area contributed by atoms with Crippen molar-refractivity contribution >= 4 is 22.6 Å². The minimum Gasteiger partial charge on any atom is -0.352 e. The maximum Gasteiger partial charge on any atom is 0.239 e. The summed E-state index contributed by atoms with van der Waals surface area (Å²) in [6.45, 7) is 10.3. The number of hydrogen-bond donors (Lipinski definition) is 1. The number of carbonyl (C=O) groups is 1. The molecule has 1 aromatic heterocycles. The van der Waals surface area contributed by atoms with Gasteiger partial charge >= 0.3 is 0 Å². The molecule has 0 aliphatic carbocycles. The molecule has 35 heavy (non-hydrogen) atoms. The number of anilines is 1. The van der Waals surface area contributed by atoms with Gasteiger partial charge in [0, 0.05) is 30.5 Å². The van der Waals surface area contributed by atoms with E-state index in [0.717, 1.165) is 43.6 Å². The van der Waals surface area contributed by atoms with Gasteiger partial charge in [-0.05, 0) is 62.7 Å². The predicted molar refractivity (Wildman–Crippen MR) is 141 cm³/mol. The molecule has 0 fully saturated rings. The fraction of sp³-hybridized carbons (Fsp3) is 0.444. The Morgan fingerprint density at radius 3 is 2.46 bits per heavy atom. The van der Waals surface area contributed by atoms with Crippen LogP contribution in [0.1, 0.15) is 50.6 Å². The van der Waals surface area contributed by atoms with E-state index in [1.165, 1.54) is 23.7 Å². The third-order valence-corrected chi connectivity index (χ3v) is 6.78. The van der Waals surface area contributed by atoms with Crippen molar-refractivity contribution in [3.05, 3.63) is 77.4 Å². The first-order valence-electron chi connectivity index (χ1n) is 12.3. The number of aromatic nitrogens is 2. The summed E-state index contributed by atoms with van der Waals surface area (Å²) in [6.07, 6.45) is 2.52. The van der Waals surface area contributed by atoms with E-state index in [4.69, 9.17) is 4.98 Å². The standard InChI is InChI=1S/C27H36FN5OS/c1-4-32(5-2)17-9-10-21(3)29-26(34)20-33(19-23-11-7-6-8-12-23)27-30-25(31-35-27)18-22-13-15-24(28)16-14-22/h6-8,11-16,21H,4-5,9-10,17-20H2,1-3H3,(H,29,34). The Labute approximate surface area is 212 Å². The van der Waals surface area contributed by atoms with Crippen LogP contribution < -0.4 is 10.2 Å². The highest BCUT2D eigenvalue weighted by molar-refractivity contribution is 7.09. The van der Waals surface area contributed by atoms with Crippen LogP contribution in [-0.2, 0) is 17.8 Å². The normalized spacial score (nSPS) is 12.0. The van der Waals surface area contributed by atoms with Gasteiger partial charge in [-0.3, -0.25) is 4.79 Å². The lowest BCUT2D eigenvalue weighted by Crippen LogP contribution is -2.41. The number of amides is 1. The summed E-state index contributed by atoms with van der Waals surface area (Å²) < 4.78 is 17.7. The van der Waals surface area contributed by atoms with E-state index in [-0.39, 0.29) is 24.3 Å². The van der Waals surface area contributed by atoms with Crippen molar-refractivity contribution in [1.29, 1.82) is 0 Å². The van der Waals surface area contributed by atoms with Crippen molar-refractivity contribution in [2.45, 2.75) is 52.6 Å². The molecule has 0 aliphatic rings. The van der Waals surface area contributed by atoms with Gasteiger partial charge in [0.05, 0.1) is 6.54 Å². The lowest BCUT2D eigenvalue weighted by Gasteiger charge is -2.23. The largest absolute Gasteiger partial charge is 0.352 e. The summed E-state index contributed by atoms with van der Waals surface area (Å²) in [6, 6.07) is 16.5. The van der Waals surface area contributed by atoms with Crippen LogP contribution in [0.4, 0.5) is 9.52 Å². The zero-order chi connectivity index (χ0) is 25.0. The van der Waals surface area contributed by atoms with Gasteiger partial charge in [-0.2, -0.15) is 4.37 Å². The molecule has 1 N–H and O–H groups in total. The number of nitrogens with zero attached hydrogens (tertiary/aromatic N) is 4. The lowest BCUT2D eigenvalue weighted by atomic mass is 10.1. The Hall–Kier alpha value is -2.84. The first-order chi connectivity index (χ1) is 17.0. The second kappa shape index (κ2) is 13.9. The van der Waals surface area contributed by atoms with Crippen molar-refractivity contribution in [1.82, 2.24) is 19.6 Å². The molecule has 3 aromatic rings. The van der Waals surface area contributed by atoms with Gasteiger partial charge in [0.25, 0.3) is 0 Å². The van der Waals surface area contributed by atoms with Crippen LogP contribution in [0.15, 0.2) is 54.6 Å². The van der Waals surface area contributed by atoms with Gasteiger partial charge < -0.3 is 15.1 Å². The highest BCUT2D eigenvalue weighted by Crippen LogP contribution is 2.21. The summed E-state index contributed by atoms with van der Waals surface area (Å²) in [7, 11) is 0. The van der Waals surface area contributed by atoms with E-state index >= 15 is 0 Å². The van der Waals surface area contributed by atoms with Gasteiger partial charge in [-0.15, -0.1) is 0 Å². The fourth-order valence-corrected chi connectivity index (χ4v) is 4.63. The summed E-state index contributed by atoms with van der Waals surface area (Å²) in [5.41, 5.74) is 2.05. The molecule has 1 heterocycles. The van der Waals surface area contributed by atoms with E-state index in [0.29, 0.717) is 23.9 Å². The first kappa shape index (κ1) is 26.8. The van der Waals surface area contributed by atoms with Crippen molar-refractivity contribution < 1.29 is 9.18 Å². The summed E-state index contributed by atoms with van der Waals surface area (Å²) in [4.78, 5) is 22.0. The molecule has 6 nitrogen and oxygen atoms in total. The molecule has 8 heteroatoms. The highest BCUT2D eigenvalue weighted by Gasteiger charge is 2.18. The second-order valence-corrected chi connectivity index (χ2v) is 9.51. The Morgan fingerprint density at radius 2 is 1.77 bits per heavy atom. The quantitative estimate of drug-likeness (QED) is 0.343. The molecule has 0 saturated carbocycles. The average molecular weight is 498 g/mol. The van der Waals surface area contributed by atoms with Crippen molar-refractivity contribution in [3.63, 3.8) is 0 Å². The molecule has 0 aliphatic heterocycles. The lowest BCUT2D eigenvalue weighted by molar-refractivity contribution is -0.120. The zero-order valence-electron chi connectivity index (χ0n) is 20.9. The molecule has 0 bridgehead atoms. The maximum atomic E-state index is 13.2. The minimum absolute atomic E-state index is 0.0217. The highest BCUT2D eigenvalue weighted by atomic mass is 32.1. The minimum atomic E-state index is -0.261. The molecular weight excluding hydrogens is 461 g/mol. The molecule has 1 unspecified atom stereocenters. The fourth-order valence-electron chi connectivity index (χ4n) is 3.95. The zero-order valence-corrected chi connectivity index (χ0v) is 21.7. The van der Waals surface area contributed by atoms with Crippen LogP contribution in [0.5, 0.6) is 0 Å². The molecule has 3 rings (SSSR count). The van der Waals surface area contributed by atoms with Crippen LogP contribution in [0.3, 0.4) is 0 Å². The Morgan fingerprint density at radius 1 is 1.06 bits per heavy atom. The van der Waals surface area contributed by atoms with Crippen LogP contribution in [0, 0.1) is 5.82 Å². The number of hydrogen-bond acceptors (Lipinski definition) is 6. The summed E-state index contributed by atoms with van der Waals surface area (Å²) >= 11 is 1.29. The molecule has 188 valence electrons. The van der Waals surface area contributed by atoms with E-state index in [1.807, 2.05) is 35.2 Å². The number of benzene rings is 2. The number of halogens is 1. The van der Waals surface area contributed by atoms with Gasteiger partial charge in [0.1, 0.15) is 11.6 Å². The molecule has 1 atom stereocenters. The first-order valence-corrected chi connectivity index (χ1v) is 13.1. The number of nitrogens with one attached hydrogen (secondary N) is 1. The Bertz CT molecular complexity index is 1020. The summed E-state index contributed by atoms with van der Waals surface area (Å²) in [5.74, 6) is 0.384. The topological polar surface area (TPSA) is 61.4 Å². The number of rotatable bonds is 14. The van der Waals surface area contributed by atoms with Crippen LogP contribution in [-0.4, -0.2) is 52.4 Å². The molecule has 2 aromatic carbocycles. The van der Waals surface area contributed by atoms with Gasteiger partial charge in [-0.25, -0.2) is 9.37 Å².